The van der Waals surface area contributed by atoms with Gasteiger partial charge in [0.05, 0.1) is 31.9 Å². The first-order valence-electron chi connectivity index (χ1n) is 14.9. The number of hydrogen-bond acceptors (Lipinski definition) is 8. The first kappa shape index (κ1) is 34.9. The zero-order valence-corrected chi connectivity index (χ0v) is 26.5. The van der Waals surface area contributed by atoms with Gasteiger partial charge in [-0.15, -0.1) is 0 Å². The minimum absolute atomic E-state index is 0.00605. The van der Waals surface area contributed by atoms with Gasteiger partial charge in [0.2, 0.25) is 5.91 Å². The van der Waals surface area contributed by atoms with Crippen LogP contribution in [0.15, 0.2) is 104 Å². The minimum atomic E-state index is -1.21. The average Bonchev–Trinajstić information content (AvgIpc) is 3.49. The predicted molar refractivity (Wildman–Crippen MR) is 177 cm³/mol. The van der Waals surface area contributed by atoms with Crippen LogP contribution in [0.25, 0.3) is 0 Å². The highest BCUT2D eigenvalue weighted by atomic mass is 32.2. The van der Waals surface area contributed by atoms with E-state index in [0.29, 0.717) is 6.42 Å². The number of carboxylic acid groups (broad SMARTS) is 3. The molecule has 0 saturated carbocycles. The molecule has 0 aliphatic rings. The maximum absolute atomic E-state index is 12.7. The number of carbonyl (C=O) groups excluding carboxylic acids is 1. The van der Waals surface area contributed by atoms with Gasteiger partial charge in [-0.25, -0.2) is 4.98 Å². The molecule has 0 aliphatic carbocycles. The van der Waals surface area contributed by atoms with Gasteiger partial charge in [-0.3, -0.25) is 33.0 Å². The Morgan fingerprint density at radius 3 is 1.53 bits per heavy atom. The summed E-state index contributed by atoms with van der Waals surface area (Å²) in [7, 11) is 0. The van der Waals surface area contributed by atoms with E-state index in [-0.39, 0.29) is 26.2 Å². The van der Waals surface area contributed by atoms with E-state index in [1.807, 2.05) is 64.8 Å². The molecule has 0 fully saturated rings. The van der Waals surface area contributed by atoms with E-state index < -0.39 is 48.2 Å². The van der Waals surface area contributed by atoms with Crippen molar-refractivity contribution in [3.05, 3.63) is 126 Å². The number of nitrogens with one attached hydrogen (secondary N) is 1. The molecule has 0 bridgehead atoms. The van der Waals surface area contributed by atoms with Crippen LogP contribution in [-0.2, 0) is 30.3 Å². The zero-order valence-electron chi connectivity index (χ0n) is 25.6. The smallest absolute Gasteiger partial charge is 0.317 e. The van der Waals surface area contributed by atoms with Crippen molar-refractivity contribution in [2.75, 3.05) is 45.8 Å². The lowest BCUT2D eigenvalue weighted by Crippen LogP contribution is -2.45. The standard InChI is InChI=1S/C34H37N5O7S/c40-30(21-37(22-31(41)42)18-19-38(23-32(43)44)24-33(45)46)35-17-16-29-20-39(25-36-29)47-34(26-10-4-1-5-11-26,27-12-6-2-7-13-27)28-14-8-3-9-15-28/h1-15,20,25H,16-19,21-24H2,(H,35,40)(H,41,42)(H,43,44)(H,45,46). The van der Waals surface area contributed by atoms with Crippen molar-refractivity contribution in [3.8, 4) is 0 Å². The van der Waals surface area contributed by atoms with Gasteiger partial charge in [0, 0.05) is 32.3 Å². The van der Waals surface area contributed by atoms with Crippen LogP contribution < -0.4 is 5.32 Å². The Morgan fingerprint density at radius 2 is 1.11 bits per heavy atom. The summed E-state index contributed by atoms with van der Waals surface area (Å²) in [6.07, 6.45) is 4.11. The molecule has 0 radical (unpaired) electrons. The summed E-state index contributed by atoms with van der Waals surface area (Å²) in [5, 5.41) is 30.2. The van der Waals surface area contributed by atoms with E-state index in [4.69, 9.17) is 10.2 Å². The molecular formula is C34H37N5O7S. The number of rotatable bonds is 19. The Morgan fingerprint density at radius 1 is 0.681 bits per heavy atom. The van der Waals surface area contributed by atoms with E-state index >= 15 is 0 Å². The second-order valence-corrected chi connectivity index (χ2v) is 12.0. The van der Waals surface area contributed by atoms with Crippen molar-refractivity contribution < 1.29 is 34.5 Å². The summed E-state index contributed by atoms with van der Waals surface area (Å²) in [6, 6.07) is 30.8. The van der Waals surface area contributed by atoms with Gasteiger partial charge in [0.25, 0.3) is 0 Å². The number of carbonyl (C=O) groups is 4. The molecule has 4 N–H and O–H groups in total. The molecule has 1 heterocycles. The molecule has 246 valence electrons. The molecular weight excluding hydrogens is 622 g/mol. The first-order valence-corrected chi connectivity index (χ1v) is 15.7. The Kier molecular flexibility index (Phi) is 12.7. The van der Waals surface area contributed by atoms with Gasteiger partial charge >= 0.3 is 17.9 Å². The lowest BCUT2D eigenvalue weighted by atomic mass is 9.84. The molecule has 0 atom stereocenters. The number of aromatic nitrogens is 2. The second-order valence-electron chi connectivity index (χ2n) is 10.8. The molecule has 0 unspecified atom stereocenters. The van der Waals surface area contributed by atoms with Crippen molar-refractivity contribution >= 4 is 35.8 Å². The molecule has 13 heteroatoms. The van der Waals surface area contributed by atoms with Crippen LogP contribution in [0.5, 0.6) is 0 Å². The normalized spacial score (nSPS) is 11.4. The number of aliphatic carboxylic acids is 3. The Labute approximate surface area is 276 Å². The summed E-state index contributed by atoms with van der Waals surface area (Å²) >= 11 is 1.61. The summed E-state index contributed by atoms with van der Waals surface area (Å²) < 4.78 is 1.38. The van der Waals surface area contributed by atoms with Crippen molar-refractivity contribution in [1.29, 1.82) is 0 Å². The van der Waals surface area contributed by atoms with Gasteiger partial charge < -0.3 is 20.6 Å². The van der Waals surface area contributed by atoms with Gasteiger partial charge in [-0.05, 0) is 28.6 Å². The lowest BCUT2D eigenvalue weighted by molar-refractivity contribution is -0.143. The van der Waals surface area contributed by atoms with Crippen LogP contribution in [0.1, 0.15) is 22.4 Å². The molecule has 12 nitrogen and oxygen atoms in total. The number of amides is 1. The summed E-state index contributed by atoms with van der Waals surface area (Å²) in [5.41, 5.74) is 4.06. The fraction of sp³-hybridized carbons (Fsp3) is 0.265. The average molecular weight is 660 g/mol. The molecule has 3 aromatic carbocycles. The minimum Gasteiger partial charge on any atom is -0.480 e. The number of carboxylic acids is 3. The van der Waals surface area contributed by atoms with Crippen molar-refractivity contribution in [2.24, 2.45) is 0 Å². The Hall–Kier alpha value is -4.98. The number of hydrogen-bond donors (Lipinski definition) is 4. The van der Waals surface area contributed by atoms with Crippen LogP contribution in [0.2, 0.25) is 0 Å². The van der Waals surface area contributed by atoms with Crippen LogP contribution in [0, 0.1) is 0 Å². The van der Waals surface area contributed by atoms with E-state index in [1.54, 1.807) is 18.3 Å². The van der Waals surface area contributed by atoms with E-state index in [2.05, 4.69) is 46.7 Å². The molecule has 1 aromatic heterocycles. The third-order valence-electron chi connectivity index (χ3n) is 7.28. The summed E-state index contributed by atoms with van der Waals surface area (Å²) in [6.45, 7) is -1.54. The first-order chi connectivity index (χ1) is 22.7. The monoisotopic (exact) mass is 659 g/mol. The van der Waals surface area contributed by atoms with Crippen LogP contribution in [-0.4, -0.2) is 104 Å². The molecule has 0 saturated heterocycles. The Bertz CT molecular complexity index is 1510. The van der Waals surface area contributed by atoms with Gasteiger partial charge in [0.15, 0.2) is 0 Å². The Balaban J connectivity index is 1.42. The number of imidazole rings is 1. The second kappa shape index (κ2) is 17.1. The highest BCUT2D eigenvalue weighted by molar-refractivity contribution is 7.99. The maximum Gasteiger partial charge on any atom is 0.317 e. The highest BCUT2D eigenvalue weighted by Crippen LogP contribution is 2.48. The molecule has 0 spiro atoms. The number of benzene rings is 3. The third-order valence-corrected chi connectivity index (χ3v) is 8.67. The topological polar surface area (TPSA) is 165 Å². The van der Waals surface area contributed by atoms with E-state index in [9.17, 15) is 24.3 Å². The van der Waals surface area contributed by atoms with Gasteiger partial charge in [-0.2, -0.15) is 0 Å². The quantitative estimate of drug-likeness (QED) is 0.109. The van der Waals surface area contributed by atoms with Crippen LogP contribution >= 0.6 is 11.9 Å². The maximum atomic E-state index is 12.7. The predicted octanol–water partition coefficient (Wildman–Crippen LogP) is 2.89. The molecule has 47 heavy (non-hydrogen) atoms. The molecule has 1 amide bonds. The van der Waals surface area contributed by atoms with Gasteiger partial charge in [0.1, 0.15) is 11.1 Å². The highest BCUT2D eigenvalue weighted by Gasteiger charge is 2.38. The van der Waals surface area contributed by atoms with Gasteiger partial charge in [-0.1, -0.05) is 91.0 Å². The number of nitrogens with zero attached hydrogens (tertiary/aromatic N) is 4. The third kappa shape index (κ3) is 10.3. The van der Waals surface area contributed by atoms with Crippen LogP contribution in [0.3, 0.4) is 0 Å². The lowest BCUT2D eigenvalue weighted by Gasteiger charge is -2.35. The fourth-order valence-electron chi connectivity index (χ4n) is 5.23. The molecule has 4 rings (SSSR count). The van der Waals surface area contributed by atoms with Crippen molar-refractivity contribution in [2.45, 2.75) is 11.2 Å². The zero-order chi connectivity index (χ0) is 33.6. The van der Waals surface area contributed by atoms with Crippen LogP contribution in [0.4, 0.5) is 0 Å². The fourth-order valence-corrected chi connectivity index (χ4v) is 6.54. The molecule has 0 aliphatic heterocycles. The van der Waals surface area contributed by atoms with Crippen molar-refractivity contribution in [1.82, 2.24) is 24.1 Å². The SMILES string of the molecule is O=C(O)CN(CCN(CC(=O)O)CC(=O)NCCc1cn(SC(c2ccccc2)(c2ccccc2)c2ccccc2)cn1)CC(=O)O. The largest absolute Gasteiger partial charge is 0.480 e. The van der Waals surface area contributed by atoms with Crippen molar-refractivity contribution in [3.63, 3.8) is 0 Å². The summed E-state index contributed by atoms with van der Waals surface area (Å²) in [5.74, 6) is -4.00. The summed E-state index contributed by atoms with van der Waals surface area (Å²) in [4.78, 5) is 53.3. The molecule has 4 aromatic rings. The van der Waals surface area contributed by atoms with E-state index in [1.165, 1.54) is 4.90 Å². The van der Waals surface area contributed by atoms with E-state index in [0.717, 1.165) is 27.3 Å².